The zero-order chi connectivity index (χ0) is 6.57. The Morgan fingerprint density at radius 3 is 2.62 bits per heavy atom. The summed E-state index contributed by atoms with van der Waals surface area (Å²) in [5.74, 6) is 0. The van der Waals surface area contributed by atoms with Crippen LogP contribution in [0, 0.1) is 0 Å². The highest BCUT2D eigenvalue weighted by atomic mass is 32.1. The number of thiocarbonyl (C=S) groups is 1. The molecule has 0 saturated carbocycles. The van der Waals surface area contributed by atoms with Gasteiger partial charge in [-0.1, -0.05) is 12.2 Å². The van der Waals surface area contributed by atoms with E-state index in [9.17, 15) is 4.79 Å². The van der Waals surface area contributed by atoms with Crippen molar-refractivity contribution in [3.8, 4) is 0 Å². The second kappa shape index (κ2) is 3.37. The van der Waals surface area contributed by atoms with Crippen molar-refractivity contribution in [2.75, 3.05) is 0 Å². The average molecular weight is 132 g/mol. The zero-order valence-corrected chi connectivity index (χ0v) is 5.37. The topological polar surface area (TPSA) is 55.1 Å². The Balaban J connectivity index is 3.46. The molecule has 1 atom stereocenters. The van der Waals surface area contributed by atoms with Gasteiger partial charge in [-0.05, 0) is 6.92 Å². The predicted molar refractivity (Wildman–Crippen MR) is 35.4 cm³/mol. The molecule has 0 aromatic carbocycles. The molecule has 0 aliphatic carbocycles. The molecule has 3 nitrogen and oxygen atoms in total. The number of hydrogen-bond donors (Lipinski definition) is 2. The maximum atomic E-state index is 9.69. The summed E-state index contributed by atoms with van der Waals surface area (Å²) in [5, 5.41) is 2.40. The molecule has 1 amide bonds. The molecular weight excluding hydrogens is 124 g/mol. The van der Waals surface area contributed by atoms with Crippen LogP contribution in [0.25, 0.3) is 0 Å². The molecule has 0 aromatic rings. The first kappa shape index (κ1) is 7.36. The summed E-state index contributed by atoms with van der Waals surface area (Å²) in [6, 6.07) is -0.192. The Bertz CT molecular complexity index is 104. The molecule has 4 heteroatoms. The number of hydrogen-bond acceptors (Lipinski definition) is 2. The molecule has 0 aromatic heterocycles. The van der Waals surface area contributed by atoms with E-state index < -0.39 is 0 Å². The standard InChI is InChI=1S/C4H8N2OS/c1-3(4(5)8)6-2-7/h2-3H,1H3,(H2,5,8)(H,6,7)/t3-/m0/s1. The van der Waals surface area contributed by atoms with Gasteiger partial charge in [0.2, 0.25) is 6.41 Å². The van der Waals surface area contributed by atoms with Crippen molar-refractivity contribution in [3.05, 3.63) is 0 Å². The first-order valence-electron chi connectivity index (χ1n) is 2.17. The largest absolute Gasteiger partial charge is 0.392 e. The van der Waals surface area contributed by atoms with E-state index in [0.29, 0.717) is 11.4 Å². The maximum absolute atomic E-state index is 9.69. The van der Waals surface area contributed by atoms with E-state index >= 15 is 0 Å². The van der Waals surface area contributed by atoms with Crippen molar-refractivity contribution in [1.29, 1.82) is 0 Å². The first-order valence-corrected chi connectivity index (χ1v) is 2.58. The van der Waals surface area contributed by atoms with Gasteiger partial charge in [0, 0.05) is 0 Å². The minimum atomic E-state index is -0.192. The molecule has 0 radical (unpaired) electrons. The highest BCUT2D eigenvalue weighted by Crippen LogP contribution is 1.76. The summed E-state index contributed by atoms with van der Waals surface area (Å²) in [4.78, 5) is 10.00. The van der Waals surface area contributed by atoms with Crippen molar-refractivity contribution < 1.29 is 4.79 Å². The lowest BCUT2D eigenvalue weighted by Crippen LogP contribution is -2.36. The Morgan fingerprint density at radius 1 is 2.00 bits per heavy atom. The molecular formula is C4H8N2OS. The van der Waals surface area contributed by atoms with Crippen LogP contribution in [0.3, 0.4) is 0 Å². The van der Waals surface area contributed by atoms with Crippen LogP contribution >= 0.6 is 12.2 Å². The molecule has 46 valence electrons. The van der Waals surface area contributed by atoms with Crippen LogP contribution < -0.4 is 11.1 Å². The molecule has 0 spiro atoms. The van der Waals surface area contributed by atoms with Crippen LogP contribution in [0.2, 0.25) is 0 Å². The quantitative estimate of drug-likeness (QED) is 0.398. The van der Waals surface area contributed by atoms with E-state index in [2.05, 4.69) is 17.5 Å². The molecule has 3 N–H and O–H groups in total. The van der Waals surface area contributed by atoms with Crippen LogP contribution in [0.1, 0.15) is 6.92 Å². The molecule has 0 heterocycles. The molecule has 0 aliphatic heterocycles. The van der Waals surface area contributed by atoms with Gasteiger partial charge in [-0.3, -0.25) is 4.79 Å². The van der Waals surface area contributed by atoms with E-state index in [1.165, 1.54) is 0 Å². The number of nitrogens with two attached hydrogens (primary N) is 1. The minimum Gasteiger partial charge on any atom is -0.392 e. The smallest absolute Gasteiger partial charge is 0.207 e. The van der Waals surface area contributed by atoms with E-state index in [-0.39, 0.29) is 6.04 Å². The van der Waals surface area contributed by atoms with Crippen LogP contribution in [-0.4, -0.2) is 17.4 Å². The zero-order valence-electron chi connectivity index (χ0n) is 4.55. The minimum absolute atomic E-state index is 0.192. The lowest BCUT2D eigenvalue weighted by molar-refractivity contribution is -0.109. The summed E-state index contributed by atoms with van der Waals surface area (Å²) in [6.45, 7) is 1.72. The Morgan fingerprint density at radius 2 is 2.50 bits per heavy atom. The first-order chi connectivity index (χ1) is 3.68. The van der Waals surface area contributed by atoms with Gasteiger partial charge < -0.3 is 11.1 Å². The third-order valence-corrected chi connectivity index (χ3v) is 1.10. The lowest BCUT2D eigenvalue weighted by atomic mass is 10.3. The van der Waals surface area contributed by atoms with E-state index in [0.717, 1.165) is 0 Å². The van der Waals surface area contributed by atoms with Gasteiger partial charge in [0.15, 0.2) is 0 Å². The predicted octanol–water partition coefficient (Wildman–Crippen LogP) is -0.593. The third-order valence-electron chi connectivity index (χ3n) is 0.745. The number of amides is 1. The van der Waals surface area contributed by atoms with Crippen molar-refractivity contribution in [2.45, 2.75) is 13.0 Å². The molecule has 0 rings (SSSR count). The fraction of sp³-hybridized carbons (Fsp3) is 0.500. The summed E-state index contributed by atoms with van der Waals surface area (Å²) in [7, 11) is 0. The van der Waals surface area contributed by atoms with Gasteiger partial charge in [-0.2, -0.15) is 0 Å². The summed E-state index contributed by atoms with van der Waals surface area (Å²) in [6.07, 6.45) is 0.573. The third kappa shape index (κ3) is 2.52. The Kier molecular flexibility index (Phi) is 3.10. The second-order valence-electron chi connectivity index (χ2n) is 1.41. The van der Waals surface area contributed by atoms with E-state index in [1.54, 1.807) is 6.92 Å². The fourth-order valence-corrected chi connectivity index (χ4v) is 0.252. The van der Waals surface area contributed by atoms with Crippen molar-refractivity contribution >= 4 is 23.6 Å². The molecule has 0 bridgehead atoms. The number of rotatable bonds is 3. The summed E-state index contributed by atoms with van der Waals surface area (Å²) in [5.41, 5.74) is 5.13. The molecule has 8 heavy (non-hydrogen) atoms. The SMILES string of the molecule is C[C@H](NC=O)C(N)=S. The van der Waals surface area contributed by atoms with Gasteiger partial charge >= 0.3 is 0 Å². The van der Waals surface area contributed by atoms with E-state index in [4.69, 9.17) is 5.73 Å². The van der Waals surface area contributed by atoms with E-state index in [1.807, 2.05) is 0 Å². The van der Waals surface area contributed by atoms with Crippen molar-refractivity contribution in [3.63, 3.8) is 0 Å². The van der Waals surface area contributed by atoms with Crippen molar-refractivity contribution in [2.24, 2.45) is 5.73 Å². The molecule has 0 fully saturated rings. The van der Waals surface area contributed by atoms with Gasteiger partial charge in [0.05, 0.1) is 11.0 Å². The van der Waals surface area contributed by atoms with Crippen LogP contribution in [0.4, 0.5) is 0 Å². The number of carbonyl (C=O) groups excluding carboxylic acids is 1. The number of nitrogens with one attached hydrogen (secondary N) is 1. The number of carbonyl (C=O) groups is 1. The molecule has 0 aliphatic rings. The highest BCUT2D eigenvalue weighted by molar-refractivity contribution is 7.80. The summed E-state index contributed by atoms with van der Waals surface area (Å²) < 4.78 is 0. The Labute approximate surface area is 53.2 Å². The molecule has 0 unspecified atom stereocenters. The van der Waals surface area contributed by atoms with Gasteiger partial charge in [0.1, 0.15) is 0 Å². The highest BCUT2D eigenvalue weighted by Gasteiger charge is 1.99. The lowest BCUT2D eigenvalue weighted by Gasteiger charge is -2.04. The summed E-state index contributed by atoms with van der Waals surface area (Å²) >= 11 is 4.54. The van der Waals surface area contributed by atoms with Crippen molar-refractivity contribution in [1.82, 2.24) is 5.32 Å². The van der Waals surface area contributed by atoms with Crippen LogP contribution in [0.15, 0.2) is 0 Å². The van der Waals surface area contributed by atoms with Gasteiger partial charge in [-0.15, -0.1) is 0 Å². The Hall–Kier alpha value is -0.640. The van der Waals surface area contributed by atoms with Gasteiger partial charge in [0.25, 0.3) is 0 Å². The fourth-order valence-electron chi connectivity index (χ4n) is 0.184. The normalized spacial score (nSPS) is 12.1. The second-order valence-corrected chi connectivity index (χ2v) is 1.88. The molecule has 0 saturated heterocycles. The average Bonchev–Trinajstić information content (AvgIpc) is 1.67. The van der Waals surface area contributed by atoms with Gasteiger partial charge in [-0.25, -0.2) is 0 Å². The van der Waals surface area contributed by atoms with Crippen LogP contribution in [0.5, 0.6) is 0 Å². The van der Waals surface area contributed by atoms with Crippen LogP contribution in [-0.2, 0) is 4.79 Å². The maximum Gasteiger partial charge on any atom is 0.207 e. The monoisotopic (exact) mass is 132 g/mol.